The summed E-state index contributed by atoms with van der Waals surface area (Å²) in [5, 5.41) is 2.96. The highest BCUT2D eigenvalue weighted by Gasteiger charge is 2.31. The Kier molecular flexibility index (Phi) is 6.83. The lowest BCUT2D eigenvalue weighted by molar-refractivity contribution is -0.126. The number of hydrogen-bond donors (Lipinski definition) is 1. The molecule has 0 aromatic heterocycles. The predicted octanol–water partition coefficient (Wildman–Crippen LogP) is 3.01. The fraction of sp³-hybridized carbons (Fsp3) is 0.588. The molecule has 2 rings (SSSR count). The molecule has 1 aromatic rings. The molecule has 1 heterocycles. The van der Waals surface area contributed by atoms with E-state index in [0.29, 0.717) is 43.3 Å². The molecule has 0 bridgehead atoms. The molecule has 1 saturated heterocycles. The molecule has 1 aromatic carbocycles. The van der Waals surface area contributed by atoms with E-state index in [9.17, 15) is 13.2 Å². The van der Waals surface area contributed by atoms with Gasteiger partial charge in [0, 0.05) is 30.0 Å². The SMILES string of the molecule is CC(C)CCNC(=O)C1CCN(S(=O)(=O)c2ccc(Br)cc2)CC1. The first-order valence-corrected chi connectivity index (χ1v) is 10.6. The van der Waals surface area contributed by atoms with Gasteiger partial charge in [-0.05, 0) is 49.4 Å². The second kappa shape index (κ2) is 8.45. The highest BCUT2D eigenvalue weighted by atomic mass is 79.9. The molecule has 24 heavy (non-hydrogen) atoms. The smallest absolute Gasteiger partial charge is 0.243 e. The van der Waals surface area contributed by atoms with Crippen LogP contribution in [-0.2, 0) is 14.8 Å². The van der Waals surface area contributed by atoms with Gasteiger partial charge in [0.15, 0.2) is 0 Å². The minimum absolute atomic E-state index is 0.0522. The third-order valence-corrected chi connectivity index (χ3v) is 6.74. The van der Waals surface area contributed by atoms with E-state index in [2.05, 4.69) is 35.1 Å². The van der Waals surface area contributed by atoms with Crippen molar-refractivity contribution in [3.8, 4) is 0 Å². The minimum Gasteiger partial charge on any atom is -0.356 e. The van der Waals surface area contributed by atoms with Crippen LogP contribution in [0.4, 0.5) is 0 Å². The number of carbonyl (C=O) groups is 1. The van der Waals surface area contributed by atoms with Crippen LogP contribution in [0.1, 0.15) is 33.1 Å². The quantitative estimate of drug-likeness (QED) is 0.774. The number of nitrogens with one attached hydrogen (secondary N) is 1. The fourth-order valence-electron chi connectivity index (χ4n) is 2.74. The van der Waals surface area contributed by atoms with Crippen LogP contribution in [0, 0.1) is 11.8 Å². The number of nitrogens with zero attached hydrogens (tertiary/aromatic N) is 1. The normalized spacial score (nSPS) is 17.2. The van der Waals surface area contributed by atoms with E-state index in [1.165, 1.54) is 4.31 Å². The molecule has 1 fully saturated rings. The summed E-state index contributed by atoms with van der Waals surface area (Å²) in [6.45, 7) is 5.71. The van der Waals surface area contributed by atoms with E-state index in [4.69, 9.17) is 0 Å². The molecular weight excluding hydrogens is 392 g/mol. The molecule has 0 saturated carbocycles. The molecule has 0 spiro atoms. The Morgan fingerprint density at radius 2 is 1.83 bits per heavy atom. The summed E-state index contributed by atoms with van der Waals surface area (Å²) in [6.07, 6.45) is 2.11. The number of rotatable bonds is 6. The van der Waals surface area contributed by atoms with Gasteiger partial charge in [0.05, 0.1) is 4.90 Å². The molecule has 0 radical (unpaired) electrons. The Bertz CT molecular complexity index is 651. The largest absolute Gasteiger partial charge is 0.356 e. The Morgan fingerprint density at radius 1 is 1.25 bits per heavy atom. The van der Waals surface area contributed by atoms with Gasteiger partial charge in [0.25, 0.3) is 0 Å². The van der Waals surface area contributed by atoms with Gasteiger partial charge in [-0.2, -0.15) is 4.31 Å². The van der Waals surface area contributed by atoms with Crippen LogP contribution < -0.4 is 5.32 Å². The molecule has 7 heteroatoms. The summed E-state index contributed by atoms with van der Waals surface area (Å²) in [7, 11) is -3.48. The van der Waals surface area contributed by atoms with Crippen molar-refractivity contribution in [3.63, 3.8) is 0 Å². The maximum absolute atomic E-state index is 12.6. The van der Waals surface area contributed by atoms with E-state index in [0.717, 1.165) is 10.9 Å². The van der Waals surface area contributed by atoms with Crippen molar-refractivity contribution in [2.75, 3.05) is 19.6 Å². The fourth-order valence-corrected chi connectivity index (χ4v) is 4.48. The molecule has 1 amide bonds. The number of hydrogen-bond acceptors (Lipinski definition) is 3. The van der Waals surface area contributed by atoms with Gasteiger partial charge in [-0.1, -0.05) is 29.8 Å². The number of benzene rings is 1. The second-order valence-corrected chi connectivity index (χ2v) is 9.46. The monoisotopic (exact) mass is 416 g/mol. The topological polar surface area (TPSA) is 66.5 Å². The third kappa shape index (κ3) is 5.04. The summed E-state index contributed by atoms with van der Waals surface area (Å²) in [6, 6.07) is 6.65. The van der Waals surface area contributed by atoms with Gasteiger partial charge >= 0.3 is 0 Å². The molecular formula is C17H25BrN2O3S. The van der Waals surface area contributed by atoms with Crippen LogP contribution in [-0.4, -0.2) is 38.3 Å². The lowest BCUT2D eigenvalue weighted by Gasteiger charge is -2.30. The number of amides is 1. The molecule has 0 aliphatic carbocycles. The Hall–Kier alpha value is -0.920. The summed E-state index contributed by atoms with van der Waals surface area (Å²) < 4.78 is 27.6. The van der Waals surface area contributed by atoms with Crippen LogP contribution in [0.25, 0.3) is 0 Å². The predicted molar refractivity (Wildman–Crippen MR) is 98.1 cm³/mol. The first-order chi connectivity index (χ1) is 11.3. The second-order valence-electron chi connectivity index (χ2n) is 6.61. The molecule has 1 aliphatic heterocycles. The van der Waals surface area contributed by atoms with Crippen molar-refractivity contribution >= 4 is 31.9 Å². The van der Waals surface area contributed by atoms with Crippen LogP contribution in [0.15, 0.2) is 33.6 Å². The summed E-state index contributed by atoms with van der Waals surface area (Å²) >= 11 is 3.31. The summed E-state index contributed by atoms with van der Waals surface area (Å²) in [4.78, 5) is 12.5. The minimum atomic E-state index is -3.48. The maximum Gasteiger partial charge on any atom is 0.243 e. The summed E-state index contributed by atoms with van der Waals surface area (Å²) in [5.74, 6) is 0.521. The maximum atomic E-state index is 12.6. The zero-order valence-electron chi connectivity index (χ0n) is 14.2. The molecule has 134 valence electrons. The average Bonchev–Trinajstić information content (AvgIpc) is 2.55. The molecule has 1 aliphatic rings. The summed E-state index contributed by atoms with van der Waals surface area (Å²) in [5.41, 5.74) is 0. The van der Waals surface area contributed by atoms with Gasteiger partial charge in [-0.15, -0.1) is 0 Å². The van der Waals surface area contributed by atoms with Gasteiger partial charge in [-0.25, -0.2) is 8.42 Å². The third-order valence-electron chi connectivity index (χ3n) is 4.30. The van der Waals surface area contributed by atoms with Gasteiger partial charge in [-0.3, -0.25) is 4.79 Å². The molecule has 0 unspecified atom stereocenters. The van der Waals surface area contributed by atoms with Crippen molar-refractivity contribution in [2.24, 2.45) is 11.8 Å². The molecule has 0 atom stereocenters. The lowest BCUT2D eigenvalue weighted by atomic mass is 9.97. The van der Waals surface area contributed by atoms with Crippen molar-refractivity contribution in [3.05, 3.63) is 28.7 Å². The average molecular weight is 417 g/mol. The number of carbonyl (C=O) groups excluding carboxylic acids is 1. The number of halogens is 1. The molecule has 5 nitrogen and oxygen atoms in total. The van der Waals surface area contributed by atoms with Crippen molar-refractivity contribution in [1.82, 2.24) is 9.62 Å². The van der Waals surface area contributed by atoms with Crippen molar-refractivity contribution in [1.29, 1.82) is 0 Å². The van der Waals surface area contributed by atoms with Crippen LogP contribution in [0.5, 0.6) is 0 Å². The van der Waals surface area contributed by atoms with Crippen LogP contribution in [0.2, 0.25) is 0 Å². The Labute approximate surface area is 153 Å². The van der Waals surface area contributed by atoms with E-state index < -0.39 is 10.0 Å². The first kappa shape index (κ1) is 19.4. The van der Waals surface area contributed by atoms with E-state index in [-0.39, 0.29) is 11.8 Å². The highest BCUT2D eigenvalue weighted by molar-refractivity contribution is 9.10. The standard InChI is InChI=1S/C17H25BrN2O3S/c1-13(2)7-10-19-17(21)14-8-11-20(12-9-14)24(22,23)16-5-3-15(18)4-6-16/h3-6,13-14H,7-12H2,1-2H3,(H,19,21). The first-order valence-electron chi connectivity index (χ1n) is 8.34. The van der Waals surface area contributed by atoms with Crippen LogP contribution >= 0.6 is 15.9 Å². The van der Waals surface area contributed by atoms with Gasteiger partial charge in [0.1, 0.15) is 0 Å². The highest BCUT2D eigenvalue weighted by Crippen LogP contribution is 2.25. The van der Waals surface area contributed by atoms with E-state index in [1.54, 1.807) is 24.3 Å². The Morgan fingerprint density at radius 3 is 2.38 bits per heavy atom. The van der Waals surface area contributed by atoms with E-state index >= 15 is 0 Å². The van der Waals surface area contributed by atoms with Gasteiger partial charge in [0.2, 0.25) is 15.9 Å². The number of sulfonamides is 1. The van der Waals surface area contributed by atoms with Crippen molar-refractivity contribution < 1.29 is 13.2 Å². The van der Waals surface area contributed by atoms with Crippen molar-refractivity contribution in [2.45, 2.75) is 38.0 Å². The van der Waals surface area contributed by atoms with Crippen LogP contribution in [0.3, 0.4) is 0 Å². The molecule has 1 N–H and O–H groups in total. The zero-order chi connectivity index (χ0) is 17.7. The lowest BCUT2D eigenvalue weighted by Crippen LogP contribution is -2.43. The zero-order valence-corrected chi connectivity index (χ0v) is 16.6. The number of piperidine rings is 1. The Balaban J connectivity index is 1.90. The van der Waals surface area contributed by atoms with E-state index in [1.807, 2.05) is 0 Å². The van der Waals surface area contributed by atoms with Gasteiger partial charge < -0.3 is 5.32 Å².